The second-order valence-electron chi connectivity index (χ2n) is 5.11. The van der Waals surface area contributed by atoms with Crippen LogP contribution in [0.15, 0.2) is 0 Å². The molecule has 2 aliphatic rings. The Morgan fingerprint density at radius 3 is 2.84 bits per heavy atom. The van der Waals surface area contributed by atoms with Crippen molar-refractivity contribution in [1.29, 1.82) is 0 Å². The van der Waals surface area contributed by atoms with Crippen molar-refractivity contribution in [2.75, 3.05) is 65.6 Å². The van der Waals surface area contributed by atoms with Crippen molar-refractivity contribution in [2.24, 2.45) is 0 Å². The molecule has 2 aliphatic heterocycles. The first kappa shape index (κ1) is 14.7. The molecule has 0 aliphatic carbocycles. The summed E-state index contributed by atoms with van der Waals surface area (Å²) in [6.07, 6.45) is 0. The molecule has 0 spiro atoms. The molecule has 1 amide bonds. The average molecular weight is 270 g/mol. The minimum atomic E-state index is -0.114. The van der Waals surface area contributed by atoms with E-state index in [0.717, 1.165) is 52.4 Å². The highest BCUT2D eigenvalue weighted by molar-refractivity contribution is 5.81. The van der Waals surface area contributed by atoms with E-state index in [0.29, 0.717) is 13.2 Å². The maximum Gasteiger partial charge on any atom is 0.239 e. The number of rotatable bonds is 5. The molecular formula is C13H26N4O2. The van der Waals surface area contributed by atoms with Crippen LogP contribution in [0.1, 0.15) is 6.92 Å². The summed E-state index contributed by atoms with van der Waals surface area (Å²) in [5.74, 6) is 0.0995. The van der Waals surface area contributed by atoms with Crippen LogP contribution >= 0.6 is 0 Å². The summed E-state index contributed by atoms with van der Waals surface area (Å²) in [6.45, 7) is 11.1. The summed E-state index contributed by atoms with van der Waals surface area (Å²) < 4.78 is 5.45. The number of nitrogens with zero attached hydrogens (tertiary/aromatic N) is 2. The maximum atomic E-state index is 12.0. The van der Waals surface area contributed by atoms with Gasteiger partial charge in [0.1, 0.15) is 6.04 Å². The zero-order valence-corrected chi connectivity index (χ0v) is 11.9. The molecule has 2 N–H and O–H groups in total. The van der Waals surface area contributed by atoms with Crippen LogP contribution in [-0.4, -0.2) is 87.3 Å². The highest BCUT2D eigenvalue weighted by Crippen LogP contribution is 2.07. The highest BCUT2D eigenvalue weighted by Gasteiger charge is 2.29. The van der Waals surface area contributed by atoms with Crippen molar-refractivity contribution in [3.63, 3.8) is 0 Å². The molecule has 19 heavy (non-hydrogen) atoms. The fourth-order valence-electron chi connectivity index (χ4n) is 2.64. The SMILES string of the molecule is CCNC(=O)C1COCCN1CCN1CCNCC1. The second-order valence-corrected chi connectivity index (χ2v) is 5.11. The number of morpholine rings is 1. The van der Waals surface area contributed by atoms with Crippen LogP contribution in [-0.2, 0) is 9.53 Å². The standard InChI is InChI=1S/C13H26N4O2/c1-2-15-13(18)12-11-19-10-9-17(12)8-7-16-5-3-14-4-6-16/h12,14H,2-11H2,1H3,(H,15,18). The summed E-state index contributed by atoms with van der Waals surface area (Å²) in [6, 6.07) is -0.114. The van der Waals surface area contributed by atoms with Crippen molar-refractivity contribution < 1.29 is 9.53 Å². The van der Waals surface area contributed by atoms with Gasteiger partial charge in [-0.05, 0) is 6.92 Å². The molecular weight excluding hydrogens is 244 g/mol. The summed E-state index contributed by atoms with van der Waals surface area (Å²) >= 11 is 0. The largest absolute Gasteiger partial charge is 0.378 e. The van der Waals surface area contributed by atoms with Crippen LogP contribution in [0.3, 0.4) is 0 Å². The lowest BCUT2D eigenvalue weighted by molar-refractivity contribution is -0.132. The fourth-order valence-corrected chi connectivity index (χ4v) is 2.64. The first-order valence-corrected chi connectivity index (χ1v) is 7.34. The van der Waals surface area contributed by atoms with E-state index in [1.165, 1.54) is 0 Å². The van der Waals surface area contributed by atoms with Gasteiger partial charge in [0.15, 0.2) is 0 Å². The van der Waals surface area contributed by atoms with Crippen LogP contribution in [0.25, 0.3) is 0 Å². The van der Waals surface area contributed by atoms with E-state index in [9.17, 15) is 4.79 Å². The number of carbonyl (C=O) groups excluding carboxylic acids is 1. The van der Waals surface area contributed by atoms with Crippen molar-refractivity contribution in [1.82, 2.24) is 20.4 Å². The third-order valence-electron chi connectivity index (χ3n) is 3.81. The Hall–Kier alpha value is -0.690. The van der Waals surface area contributed by atoms with Gasteiger partial charge in [-0.3, -0.25) is 14.6 Å². The summed E-state index contributed by atoms with van der Waals surface area (Å²) in [5, 5.41) is 6.26. The van der Waals surface area contributed by atoms with E-state index in [-0.39, 0.29) is 11.9 Å². The van der Waals surface area contributed by atoms with Gasteiger partial charge in [0.05, 0.1) is 13.2 Å². The molecule has 0 bridgehead atoms. The molecule has 1 atom stereocenters. The molecule has 2 rings (SSSR count). The number of piperazine rings is 1. The Morgan fingerprint density at radius 2 is 2.11 bits per heavy atom. The molecule has 2 heterocycles. The van der Waals surface area contributed by atoms with Gasteiger partial charge in [0.25, 0.3) is 0 Å². The molecule has 1 unspecified atom stereocenters. The summed E-state index contributed by atoms with van der Waals surface area (Å²) in [7, 11) is 0. The lowest BCUT2D eigenvalue weighted by Crippen LogP contribution is -2.56. The van der Waals surface area contributed by atoms with Crippen molar-refractivity contribution in [2.45, 2.75) is 13.0 Å². The maximum absolute atomic E-state index is 12.0. The van der Waals surface area contributed by atoms with E-state index in [2.05, 4.69) is 20.4 Å². The Labute approximate surface area is 115 Å². The van der Waals surface area contributed by atoms with Crippen molar-refractivity contribution in [3.05, 3.63) is 0 Å². The zero-order valence-electron chi connectivity index (χ0n) is 11.9. The normalized spacial score (nSPS) is 26.3. The number of hydrogen-bond donors (Lipinski definition) is 2. The van der Waals surface area contributed by atoms with Crippen LogP contribution in [0.2, 0.25) is 0 Å². The number of ether oxygens (including phenoxy) is 1. The smallest absolute Gasteiger partial charge is 0.239 e. The topological polar surface area (TPSA) is 56.8 Å². The van der Waals surface area contributed by atoms with Gasteiger partial charge >= 0.3 is 0 Å². The van der Waals surface area contributed by atoms with Crippen LogP contribution in [0.5, 0.6) is 0 Å². The fraction of sp³-hybridized carbons (Fsp3) is 0.923. The molecule has 0 saturated carbocycles. The quantitative estimate of drug-likeness (QED) is 0.652. The Morgan fingerprint density at radius 1 is 1.32 bits per heavy atom. The summed E-state index contributed by atoms with van der Waals surface area (Å²) in [5.41, 5.74) is 0. The van der Waals surface area contributed by atoms with Gasteiger partial charge in [-0.25, -0.2) is 0 Å². The van der Waals surface area contributed by atoms with E-state index in [1.807, 2.05) is 6.92 Å². The van der Waals surface area contributed by atoms with E-state index in [4.69, 9.17) is 4.74 Å². The van der Waals surface area contributed by atoms with Gasteiger partial charge in [0.2, 0.25) is 5.91 Å². The molecule has 6 heteroatoms. The molecule has 6 nitrogen and oxygen atoms in total. The minimum absolute atomic E-state index is 0.0995. The zero-order chi connectivity index (χ0) is 13.5. The molecule has 2 fully saturated rings. The highest BCUT2D eigenvalue weighted by atomic mass is 16.5. The minimum Gasteiger partial charge on any atom is -0.378 e. The number of amides is 1. The van der Waals surface area contributed by atoms with Crippen LogP contribution in [0, 0.1) is 0 Å². The number of likely N-dealkylation sites (N-methyl/N-ethyl adjacent to an activating group) is 1. The lowest BCUT2D eigenvalue weighted by Gasteiger charge is -2.36. The van der Waals surface area contributed by atoms with Gasteiger partial charge in [-0.2, -0.15) is 0 Å². The first-order valence-electron chi connectivity index (χ1n) is 7.34. The average Bonchev–Trinajstić information content (AvgIpc) is 2.47. The van der Waals surface area contributed by atoms with Crippen molar-refractivity contribution >= 4 is 5.91 Å². The number of nitrogens with one attached hydrogen (secondary N) is 2. The second kappa shape index (κ2) is 7.79. The predicted molar refractivity (Wildman–Crippen MR) is 74.2 cm³/mol. The molecule has 0 aromatic heterocycles. The molecule has 0 aromatic carbocycles. The lowest BCUT2D eigenvalue weighted by atomic mass is 10.2. The van der Waals surface area contributed by atoms with E-state index < -0.39 is 0 Å². The molecule has 0 radical (unpaired) electrons. The Balaban J connectivity index is 1.79. The third-order valence-corrected chi connectivity index (χ3v) is 3.81. The van der Waals surface area contributed by atoms with Crippen molar-refractivity contribution in [3.8, 4) is 0 Å². The molecule has 2 saturated heterocycles. The summed E-state index contributed by atoms with van der Waals surface area (Å²) in [4.78, 5) is 16.7. The monoisotopic (exact) mass is 270 g/mol. The van der Waals surface area contributed by atoms with Crippen LogP contribution < -0.4 is 10.6 Å². The van der Waals surface area contributed by atoms with Gasteiger partial charge in [-0.15, -0.1) is 0 Å². The molecule has 0 aromatic rings. The van der Waals surface area contributed by atoms with E-state index >= 15 is 0 Å². The van der Waals surface area contributed by atoms with Gasteiger partial charge < -0.3 is 15.4 Å². The van der Waals surface area contributed by atoms with Gasteiger partial charge in [-0.1, -0.05) is 0 Å². The first-order chi connectivity index (χ1) is 9.31. The Bertz CT molecular complexity index is 282. The third kappa shape index (κ3) is 4.42. The number of carbonyl (C=O) groups is 1. The Kier molecular flexibility index (Phi) is 6.03. The van der Waals surface area contributed by atoms with Gasteiger partial charge in [0, 0.05) is 52.4 Å². The van der Waals surface area contributed by atoms with E-state index in [1.54, 1.807) is 0 Å². The number of hydrogen-bond acceptors (Lipinski definition) is 5. The molecule has 110 valence electrons. The van der Waals surface area contributed by atoms with Crippen LogP contribution in [0.4, 0.5) is 0 Å². The predicted octanol–water partition coefficient (Wildman–Crippen LogP) is -1.27.